The summed E-state index contributed by atoms with van der Waals surface area (Å²) in [5.41, 5.74) is 1.99. The fraction of sp³-hybridized carbons (Fsp3) is 0.167. The van der Waals surface area contributed by atoms with Gasteiger partial charge in [0.1, 0.15) is 5.82 Å². The third-order valence-electron chi connectivity index (χ3n) is 2.16. The van der Waals surface area contributed by atoms with E-state index in [1.54, 1.807) is 0 Å². The van der Waals surface area contributed by atoms with E-state index < -0.39 is 0 Å². The molecule has 1 N–H and O–H groups in total. The average molecular weight is 325 g/mol. The monoisotopic (exact) mass is 325 g/mol. The van der Waals surface area contributed by atoms with Crippen LogP contribution in [0.15, 0.2) is 36.4 Å². The van der Waals surface area contributed by atoms with Gasteiger partial charge in [0, 0.05) is 15.7 Å². The first-order valence-corrected chi connectivity index (χ1v) is 6.21. The molecule has 0 bridgehead atoms. The van der Waals surface area contributed by atoms with Crippen LogP contribution in [0.2, 0.25) is 0 Å². The van der Waals surface area contributed by atoms with Gasteiger partial charge in [-0.25, -0.2) is 0 Å². The number of anilines is 1. The van der Waals surface area contributed by atoms with E-state index in [4.69, 9.17) is 0 Å². The molecule has 0 atom stereocenters. The first-order valence-electron chi connectivity index (χ1n) is 5.13. The lowest BCUT2D eigenvalue weighted by Crippen LogP contribution is -2.00. The number of nitrogens with one attached hydrogen (secondary N) is 1. The highest BCUT2D eigenvalue weighted by molar-refractivity contribution is 14.1. The number of halogens is 1. The molecular weight excluding hydrogens is 313 g/mol. The van der Waals surface area contributed by atoms with E-state index in [1.807, 2.05) is 19.1 Å². The highest BCUT2D eigenvalue weighted by Gasteiger charge is 2.00. The minimum Gasteiger partial charge on any atom is -0.369 e. The van der Waals surface area contributed by atoms with Gasteiger partial charge in [-0.05, 0) is 53.8 Å². The van der Waals surface area contributed by atoms with Gasteiger partial charge in [-0.1, -0.05) is 12.1 Å². The van der Waals surface area contributed by atoms with Crippen molar-refractivity contribution in [1.82, 2.24) is 10.2 Å². The topological polar surface area (TPSA) is 37.8 Å². The van der Waals surface area contributed by atoms with E-state index in [9.17, 15) is 0 Å². The second-order valence-electron chi connectivity index (χ2n) is 3.34. The lowest BCUT2D eigenvalue weighted by Gasteiger charge is -2.03. The molecule has 1 aromatic carbocycles. The molecule has 0 amide bonds. The first kappa shape index (κ1) is 11.3. The van der Waals surface area contributed by atoms with Gasteiger partial charge in [0.2, 0.25) is 0 Å². The molecule has 16 heavy (non-hydrogen) atoms. The maximum absolute atomic E-state index is 4.18. The van der Waals surface area contributed by atoms with E-state index in [2.05, 4.69) is 62.4 Å². The molecule has 0 radical (unpaired) electrons. The summed E-state index contributed by atoms with van der Waals surface area (Å²) in [6, 6.07) is 12.2. The Morgan fingerprint density at radius 3 is 2.38 bits per heavy atom. The maximum Gasteiger partial charge on any atom is 0.148 e. The predicted octanol–water partition coefficient (Wildman–Crippen LogP) is 3.18. The molecule has 1 aromatic heterocycles. The standard InChI is InChI=1S/C12H12IN3/c1-2-14-12-8-7-11(15-16-12)9-3-5-10(13)6-4-9/h3-8H,2H2,1H3,(H,14,16). The van der Waals surface area contributed by atoms with Crippen molar-refractivity contribution in [3.8, 4) is 11.3 Å². The summed E-state index contributed by atoms with van der Waals surface area (Å²) in [6.45, 7) is 2.90. The van der Waals surface area contributed by atoms with E-state index in [0.717, 1.165) is 23.6 Å². The molecule has 4 heteroatoms. The zero-order valence-corrected chi connectivity index (χ0v) is 11.1. The molecule has 0 aliphatic carbocycles. The summed E-state index contributed by atoms with van der Waals surface area (Å²) in [5, 5.41) is 11.4. The van der Waals surface area contributed by atoms with Crippen LogP contribution >= 0.6 is 22.6 Å². The van der Waals surface area contributed by atoms with Crippen LogP contribution in [0, 0.1) is 3.57 Å². The SMILES string of the molecule is CCNc1ccc(-c2ccc(I)cc2)nn1. The molecule has 0 spiro atoms. The number of nitrogens with zero attached hydrogens (tertiary/aromatic N) is 2. The third-order valence-corrected chi connectivity index (χ3v) is 2.88. The second-order valence-corrected chi connectivity index (χ2v) is 4.59. The molecule has 0 aliphatic heterocycles. The number of aromatic nitrogens is 2. The van der Waals surface area contributed by atoms with Crippen molar-refractivity contribution in [2.24, 2.45) is 0 Å². The van der Waals surface area contributed by atoms with Crippen molar-refractivity contribution in [3.05, 3.63) is 40.0 Å². The van der Waals surface area contributed by atoms with Crippen LogP contribution in [0.5, 0.6) is 0 Å². The van der Waals surface area contributed by atoms with Gasteiger partial charge < -0.3 is 5.32 Å². The molecule has 2 aromatic rings. The van der Waals surface area contributed by atoms with Gasteiger partial charge in [0.05, 0.1) is 5.69 Å². The highest BCUT2D eigenvalue weighted by Crippen LogP contribution is 2.18. The Morgan fingerprint density at radius 2 is 1.81 bits per heavy atom. The van der Waals surface area contributed by atoms with Crippen molar-refractivity contribution in [2.75, 3.05) is 11.9 Å². The molecule has 1 heterocycles. The Hall–Kier alpha value is -1.17. The Morgan fingerprint density at radius 1 is 1.06 bits per heavy atom. The molecule has 82 valence electrons. The fourth-order valence-electron chi connectivity index (χ4n) is 1.38. The Labute approximate surface area is 108 Å². The van der Waals surface area contributed by atoms with E-state index in [-0.39, 0.29) is 0 Å². The second kappa shape index (κ2) is 5.25. The number of hydrogen-bond acceptors (Lipinski definition) is 3. The van der Waals surface area contributed by atoms with Gasteiger partial charge in [0.25, 0.3) is 0 Å². The minimum absolute atomic E-state index is 0.816. The lowest BCUT2D eigenvalue weighted by atomic mass is 10.1. The van der Waals surface area contributed by atoms with Crippen molar-refractivity contribution in [2.45, 2.75) is 6.92 Å². The smallest absolute Gasteiger partial charge is 0.148 e. The normalized spacial score (nSPS) is 10.1. The molecule has 2 rings (SSSR count). The highest BCUT2D eigenvalue weighted by atomic mass is 127. The first-order chi connectivity index (χ1) is 7.79. The van der Waals surface area contributed by atoms with Gasteiger partial charge in [-0.3, -0.25) is 0 Å². The van der Waals surface area contributed by atoms with Gasteiger partial charge in [-0.2, -0.15) is 0 Å². The summed E-state index contributed by atoms with van der Waals surface area (Å²) in [6.07, 6.45) is 0. The van der Waals surface area contributed by atoms with Crippen molar-refractivity contribution < 1.29 is 0 Å². The Kier molecular flexibility index (Phi) is 3.71. The summed E-state index contributed by atoms with van der Waals surface area (Å²) in [5.74, 6) is 0.816. The zero-order valence-electron chi connectivity index (χ0n) is 8.94. The zero-order chi connectivity index (χ0) is 11.4. The van der Waals surface area contributed by atoms with Crippen LogP contribution in [0.4, 0.5) is 5.82 Å². The molecule has 0 aliphatic rings. The van der Waals surface area contributed by atoms with Crippen LogP contribution < -0.4 is 5.32 Å². The predicted molar refractivity (Wildman–Crippen MR) is 74.3 cm³/mol. The van der Waals surface area contributed by atoms with Gasteiger partial charge in [-0.15, -0.1) is 10.2 Å². The molecule has 0 fully saturated rings. The molecule has 3 nitrogen and oxygen atoms in total. The fourth-order valence-corrected chi connectivity index (χ4v) is 1.74. The summed E-state index contributed by atoms with van der Waals surface area (Å²) in [4.78, 5) is 0. The van der Waals surface area contributed by atoms with E-state index in [0.29, 0.717) is 0 Å². The van der Waals surface area contributed by atoms with E-state index in [1.165, 1.54) is 3.57 Å². The summed E-state index contributed by atoms with van der Waals surface area (Å²) < 4.78 is 1.22. The molecule has 0 saturated heterocycles. The van der Waals surface area contributed by atoms with Crippen LogP contribution in [-0.4, -0.2) is 16.7 Å². The average Bonchev–Trinajstić information content (AvgIpc) is 2.32. The molecular formula is C12H12IN3. The van der Waals surface area contributed by atoms with Crippen LogP contribution in [-0.2, 0) is 0 Å². The van der Waals surface area contributed by atoms with Crippen molar-refractivity contribution in [3.63, 3.8) is 0 Å². The van der Waals surface area contributed by atoms with Gasteiger partial charge >= 0.3 is 0 Å². The van der Waals surface area contributed by atoms with Crippen LogP contribution in [0.1, 0.15) is 6.92 Å². The Bertz CT molecular complexity index is 451. The van der Waals surface area contributed by atoms with Crippen molar-refractivity contribution >= 4 is 28.4 Å². The molecule has 0 saturated carbocycles. The lowest BCUT2D eigenvalue weighted by molar-refractivity contribution is 1.02. The maximum atomic E-state index is 4.18. The number of benzene rings is 1. The molecule has 0 unspecified atom stereocenters. The largest absolute Gasteiger partial charge is 0.369 e. The Balaban J connectivity index is 2.24. The van der Waals surface area contributed by atoms with Crippen LogP contribution in [0.3, 0.4) is 0 Å². The quantitative estimate of drug-likeness (QED) is 0.881. The number of hydrogen-bond donors (Lipinski definition) is 1. The van der Waals surface area contributed by atoms with Gasteiger partial charge in [0.15, 0.2) is 0 Å². The van der Waals surface area contributed by atoms with E-state index >= 15 is 0 Å². The summed E-state index contributed by atoms with van der Waals surface area (Å²) in [7, 11) is 0. The number of rotatable bonds is 3. The third kappa shape index (κ3) is 2.69. The minimum atomic E-state index is 0.816. The van der Waals surface area contributed by atoms with Crippen molar-refractivity contribution in [1.29, 1.82) is 0 Å². The van der Waals surface area contributed by atoms with Crippen LogP contribution in [0.25, 0.3) is 11.3 Å². The summed E-state index contributed by atoms with van der Waals surface area (Å²) >= 11 is 2.29.